The highest BCUT2D eigenvalue weighted by atomic mass is 32.2. The smallest absolute Gasteiger partial charge is 0.237 e. The standard InChI is InChI=1S/C9H19N3O4S/c1-9(2,17(3,15)16)5-12-8(14)6(10)4-7(11)13/h6H,4-5,10H2,1-3H3,(H2,11,13)(H,12,14). The van der Waals surface area contributed by atoms with Gasteiger partial charge < -0.3 is 16.8 Å². The monoisotopic (exact) mass is 265 g/mol. The second-order valence-electron chi connectivity index (χ2n) is 4.53. The van der Waals surface area contributed by atoms with Gasteiger partial charge in [0.2, 0.25) is 11.8 Å². The lowest BCUT2D eigenvalue weighted by molar-refractivity contribution is -0.126. The number of carbonyl (C=O) groups is 2. The lowest BCUT2D eigenvalue weighted by Gasteiger charge is -2.23. The Morgan fingerprint density at radius 2 is 1.82 bits per heavy atom. The fourth-order valence-electron chi connectivity index (χ4n) is 0.872. The highest BCUT2D eigenvalue weighted by molar-refractivity contribution is 7.92. The van der Waals surface area contributed by atoms with Crippen molar-refractivity contribution in [3.63, 3.8) is 0 Å². The van der Waals surface area contributed by atoms with E-state index in [1.165, 1.54) is 13.8 Å². The Bertz CT molecular complexity index is 402. The van der Waals surface area contributed by atoms with Gasteiger partial charge in [0, 0.05) is 12.8 Å². The molecule has 100 valence electrons. The lowest BCUT2D eigenvalue weighted by Crippen LogP contribution is -2.49. The van der Waals surface area contributed by atoms with Crippen molar-refractivity contribution < 1.29 is 18.0 Å². The fraction of sp³-hybridized carbons (Fsp3) is 0.778. The third-order valence-corrected chi connectivity index (χ3v) is 4.60. The second kappa shape index (κ2) is 5.46. The van der Waals surface area contributed by atoms with E-state index in [-0.39, 0.29) is 13.0 Å². The molecule has 0 saturated carbocycles. The van der Waals surface area contributed by atoms with E-state index >= 15 is 0 Å². The van der Waals surface area contributed by atoms with Crippen LogP contribution in [0, 0.1) is 0 Å². The zero-order valence-corrected chi connectivity index (χ0v) is 11.0. The number of hydrogen-bond donors (Lipinski definition) is 3. The number of primary amides is 1. The minimum atomic E-state index is -3.29. The van der Waals surface area contributed by atoms with E-state index in [9.17, 15) is 18.0 Å². The van der Waals surface area contributed by atoms with Gasteiger partial charge in [0.1, 0.15) is 0 Å². The first kappa shape index (κ1) is 15.9. The summed E-state index contributed by atoms with van der Waals surface area (Å²) in [5, 5.41) is 2.38. The van der Waals surface area contributed by atoms with Crippen molar-refractivity contribution in [2.24, 2.45) is 11.5 Å². The fourth-order valence-corrected chi connectivity index (χ4v) is 1.21. The second-order valence-corrected chi connectivity index (χ2v) is 7.18. The maximum Gasteiger partial charge on any atom is 0.237 e. The van der Waals surface area contributed by atoms with Gasteiger partial charge in [-0.05, 0) is 13.8 Å². The number of nitrogens with one attached hydrogen (secondary N) is 1. The molecule has 0 fully saturated rings. The molecule has 8 heteroatoms. The Kier molecular flexibility index (Phi) is 5.09. The van der Waals surface area contributed by atoms with Crippen LogP contribution < -0.4 is 16.8 Å². The van der Waals surface area contributed by atoms with E-state index in [1.54, 1.807) is 0 Å². The van der Waals surface area contributed by atoms with Crippen LogP contribution in [0.5, 0.6) is 0 Å². The maximum atomic E-state index is 11.4. The van der Waals surface area contributed by atoms with Crippen molar-refractivity contribution in [3.05, 3.63) is 0 Å². The van der Waals surface area contributed by atoms with Gasteiger partial charge in [0.15, 0.2) is 9.84 Å². The van der Waals surface area contributed by atoms with Gasteiger partial charge >= 0.3 is 0 Å². The SMILES string of the molecule is CC(C)(CNC(=O)C(N)CC(N)=O)S(C)(=O)=O. The van der Waals surface area contributed by atoms with Gasteiger partial charge in [0.25, 0.3) is 0 Å². The predicted molar refractivity (Wildman–Crippen MR) is 63.7 cm³/mol. The third kappa shape index (κ3) is 5.14. The van der Waals surface area contributed by atoms with Crippen LogP contribution in [0.1, 0.15) is 20.3 Å². The number of hydrogen-bond acceptors (Lipinski definition) is 5. The van der Waals surface area contributed by atoms with E-state index in [0.29, 0.717) is 0 Å². The summed E-state index contributed by atoms with van der Waals surface area (Å²) in [5.41, 5.74) is 10.3. The molecule has 0 rings (SSSR count). The molecule has 7 nitrogen and oxygen atoms in total. The Labute approximate surface area is 101 Å². The minimum absolute atomic E-state index is 0.0723. The third-order valence-electron chi connectivity index (χ3n) is 2.45. The Balaban J connectivity index is 4.40. The first-order chi connectivity index (χ1) is 7.47. The van der Waals surface area contributed by atoms with Gasteiger partial charge in [-0.3, -0.25) is 9.59 Å². The number of amides is 2. The molecule has 17 heavy (non-hydrogen) atoms. The van der Waals surface area contributed by atoms with Crippen molar-refractivity contribution in [2.75, 3.05) is 12.8 Å². The largest absolute Gasteiger partial charge is 0.370 e. The molecule has 0 aromatic carbocycles. The van der Waals surface area contributed by atoms with Crippen molar-refractivity contribution in [3.8, 4) is 0 Å². The molecule has 0 aliphatic rings. The molecule has 0 spiro atoms. The van der Waals surface area contributed by atoms with Crippen LogP contribution in [-0.4, -0.2) is 43.8 Å². The van der Waals surface area contributed by atoms with Gasteiger partial charge in [-0.2, -0.15) is 0 Å². The highest BCUT2D eigenvalue weighted by Crippen LogP contribution is 2.13. The van der Waals surface area contributed by atoms with E-state index in [0.717, 1.165) is 6.26 Å². The van der Waals surface area contributed by atoms with Gasteiger partial charge in [-0.15, -0.1) is 0 Å². The summed E-state index contributed by atoms with van der Waals surface area (Å²) in [7, 11) is -3.29. The number of nitrogens with two attached hydrogens (primary N) is 2. The molecule has 0 aromatic heterocycles. The molecule has 1 atom stereocenters. The first-order valence-corrected chi connectivity index (χ1v) is 6.87. The summed E-state index contributed by atoms with van der Waals surface area (Å²) in [6, 6.07) is -1.05. The normalized spacial score (nSPS) is 14.1. The van der Waals surface area contributed by atoms with Crippen LogP contribution in [0.4, 0.5) is 0 Å². The Morgan fingerprint density at radius 1 is 1.35 bits per heavy atom. The van der Waals surface area contributed by atoms with Gasteiger partial charge in [0.05, 0.1) is 17.2 Å². The quantitative estimate of drug-likeness (QED) is 0.517. The zero-order chi connectivity index (χ0) is 13.9. The van der Waals surface area contributed by atoms with E-state index in [1.807, 2.05) is 0 Å². The lowest BCUT2D eigenvalue weighted by atomic mass is 10.1. The predicted octanol–water partition coefficient (Wildman–Crippen LogP) is -1.87. The van der Waals surface area contributed by atoms with E-state index in [4.69, 9.17) is 11.5 Å². The summed E-state index contributed by atoms with van der Waals surface area (Å²) in [6.45, 7) is 2.90. The van der Waals surface area contributed by atoms with Gasteiger partial charge in [-0.1, -0.05) is 0 Å². The average molecular weight is 265 g/mol. The van der Waals surface area contributed by atoms with Crippen LogP contribution in [0.15, 0.2) is 0 Å². The van der Waals surface area contributed by atoms with Crippen molar-refractivity contribution >= 4 is 21.7 Å². The van der Waals surface area contributed by atoms with Gasteiger partial charge in [-0.25, -0.2) is 8.42 Å². The summed E-state index contributed by atoms with van der Waals surface area (Å²) >= 11 is 0. The van der Waals surface area contributed by atoms with Crippen molar-refractivity contribution in [1.82, 2.24) is 5.32 Å². The molecule has 0 aliphatic heterocycles. The van der Waals surface area contributed by atoms with Crippen LogP contribution in [0.3, 0.4) is 0 Å². The molecule has 0 radical (unpaired) electrons. The van der Waals surface area contributed by atoms with Crippen molar-refractivity contribution in [1.29, 1.82) is 0 Å². The highest BCUT2D eigenvalue weighted by Gasteiger charge is 2.31. The maximum absolute atomic E-state index is 11.4. The minimum Gasteiger partial charge on any atom is -0.370 e. The zero-order valence-electron chi connectivity index (χ0n) is 10.2. The summed E-state index contributed by atoms with van der Waals surface area (Å²) in [5.74, 6) is -1.28. The molecular weight excluding hydrogens is 246 g/mol. The number of carbonyl (C=O) groups excluding carboxylic acids is 2. The molecule has 0 saturated heterocycles. The topological polar surface area (TPSA) is 132 Å². The number of sulfone groups is 1. The van der Waals surface area contributed by atoms with E-state index < -0.39 is 32.4 Å². The summed E-state index contributed by atoms with van der Waals surface area (Å²) < 4.78 is 21.6. The van der Waals surface area contributed by atoms with Crippen molar-refractivity contribution in [2.45, 2.75) is 31.1 Å². The molecular formula is C9H19N3O4S. The Morgan fingerprint density at radius 3 is 2.18 bits per heavy atom. The molecule has 5 N–H and O–H groups in total. The molecule has 0 heterocycles. The van der Waals surface area contributed by atoms with Crippen LogP contribution >= 0.6 is 0 Å². The Hall–Kier alpha value is -1.15. The molecule has 0 aromatic rings. The molecule has 2 amide bonds. The van der Waals surface area contributed by atoms with Crippen LogP contribution in [0.2, 0.25) is 0 Å². The average Bonchev–Trinajstić information content (AvgIpc) is 2.11. The summed E-state index contributed by atoms with van der Waals surface area (Å²) in [6.07, 6.45) is 0.813. The van der Waals surface area contributed by atoms with Crippen LogP contribution in [0.25, 0.3) is 0 Å². The number of rotatable bonds is 6. The molecule has 1 unspecified atom stereocenters. The van der Waals surface area contributed by atoms with E-state index in [2.05, 4.69) is 5.32 Å². The molecule has 0 bridgehead atoms. The molecule has 0 aliphatic carbocycles. The first-order valence-electron chi connectivity index (χ1n) is 4.98. The van der Waals surface area contributed by atoms with Crippen LogP contribution in [-0.2, 0) is 19.4 Å². The summed E-state index contributed by atoms with van der Waals surface area (Å²) in [4.78, 5) is 22.0.